The molecule has 172 valence electrons. The molecule has 0 aromatic heterocycles. The Bertz CT molecular complexity index is 944. The number of aliphatic carboxylic acids is 2. The Morgan fingerprint density at radius 1 is 0.969 bits per heavy atom. The summed E-state index contributed by atoms with van der Waals surface area (Å²) in [6.07, 6.45) is 1.05. The van der Waals surface area contributed by atoms with Gasteiger partial charge in [-0.25, -0.2) is 8.78 Å². The van der Waals surface area contributed by atoms with Gasteiger partial charge in [-0.15, -0.1) is 0 Å². The highest BCUT2D eigenvalue weighted by atomic mass is 19.1. The van der Waals surface area contributed by atoms with Gasteiger partial charge in [0.25, 0.3) is 0 Å². The maximum Gasteiger partial charge on any atom is 0.319 e. The van der Waals surface area contributed by atoms with E-state index in [4.69, 9.17) is 9.84 Å². The molecule has 2 atom stereocenters. The van der Waals surface area contributed by atoms with E-state index >= 15 is 0 Å². The number of halogens is 2. The van der Waals surface area contributed by atoms with Gasteiger partial charge in [-0.2, -0.15) is 0 Å². The van der Waals surface area contributed by atoms with Gasteiger partial charge in [0.1, 0.15) is 17.0 Å². The number of unbranched alkanes of at least 4 members (excludes halogenated alkanes) is 2. The van der Waals surface area contributed by atoms with Crippen LogP contribution in [0, 0.1) is 17.6 Å². The zero-order valence-corrected chi connectivity index (χ0v) is 17.7. The summed E-state index contributed by atoms with van der Waals surface area (Å²) in [6, 6.07) is 9.84. The second-order valence-electron chi connectivity index (χ2n) is 7.40. The molecule has 0 fully saturated rings. The molecule has 0 radical (unpaired) electrons. The van der Waals surface area contributed by atoms with Crippen LogP contribution < -0.4 is 0 Å². The van der Waals surface area contributed by atoms with Crippen molar-refractivity contribution in [1.82, 2.24) is 0 Å². The number of carbonyl (C=O) groups is 3. The summed E-state index contributed by atoms with van der Waals surface area (Å²) in [5.41, 5.74) is -2.36. The van der Waals surface area contributed by atoms with Crippen molar-refractivity contribution in [3.8, 4) is 0 Å². The Kier molecular flexibility index (Phi) is 8.87. The molecule has 0 saturated heterocycles. The Labute approximate surface area is 184 Å². The van der Waals surface area contributed by atoms with Crippen molar-refractivity contribution in [1.29, 1.82) is 0 Å². The van der Waals surface area contributed by atoms with Crippen molar-refractivity contribution >= 4 is 17.9 Å². The Balaban J connectivity index is 2.64. The minimum absolute atomic E-state index is 0.00919. The first-order valence-corrected chi connectivity index (χ1v) is 10.4. The Morgan fingerprint density at radius 3 is 2.19 bits per heavy atom. The first kappa shape index (κ1) is 25.0. The predicted molar refractivity (Wildman–Crippen MR) is 112 cm³/mol. The number of hydrogen-bond acceptors (Lipinski definition) is 4. The van der Waals surface area contributed by atoms with E-state index in [0.717, 1.165) is 18.2 Å². The van der Waals surface area contributed by atoms with E-state index in [2.05, 4.69) is 0 Å². The molecule has 0 spiro atoms. The minimum atomic E-state index is -2.17. The number of ether oxygens (including phenoxy) is 1. The van der Waals surface area contributed by atoms with E-state index in [-0.39, 0.29) is 30.6 Å². The van der Waals surface area contributed by atoms with Crippen LogP contribution in [0.1, 0.15) is 50.2 Å². The van der Waals surface area contributed by atoms with Gasteiger partial charge < -0.3 is 14.9 Å². The molecule has 0 aliphatic rings. The van der Waals surface area contributed by atoms with E-state index in [0.29, 0.717) is 19.3 Å². The topological polar surface area (TPSA) is 101 Å². The molecule has 2 rings (SSSR count). The van der Waals surface area contributed by atoms with Crippen LogP contribution in [-0.2, 0) is 24.5 Å². The summed E-state index contributed by atoms with van der Waals surface area (Å²) in [5.74, 6) is -6.00. The molecular formula is C24H26F2O6. The maximum absolute atomic E-state index is 15.0. The maximum atomic E-state index is 15.0. The average Bonchev–Trinajstić information content (AvgIpc) is 2.74. The first-order chi connectivity index (χ1) is 15.2. The van der Waals surface area contributed by atoms with Crippen LogP contribution in [0.2, 0.25) is 0 Å². The number of rotatable bonds is 12. The van der Waals surface area contributed by atoms with Gasteiger partial charge in [-0.1, -0.05) is 43.2 Å². The monoisotopic (exact) mass is 448 g/mol. The molecule has 0 bridgehead atoms. The fourth-order valence-corrected chi connectivity index (χ4v) is 3.98. The lowest BCUT2D eigenvalue weighted by molar-refractivity contribution is -0.158. The van der Waals surface area contributed by atoms with E-state index in [1.807, 2.05) is 0 Å². The molecule has 0 heterocycles. The van der Waals surface area contributed by atoms with Crippen LogP contribution in [0.15, 0.2) is 48.5 Å². The summed E-state index contributed by atoms with van der Waals surface area (Å²) < 4.78 is 33.8. The van der Waals surface area contributed by atoms with Gasteiger partial charge in [-0.05, 0) is 43.5 Å². The SMILES string of the molecule is CCOC(=O)C(CCCCCC(=O)O)C(C(=O)O)(c1ccc(F)cc1)c1ccccc1F. The molecule has 2 unspecified atom stereocenters. The van der Waals surface area contributed by atoms with E-state index in [1.165, 1.54) is 30.3 Å². The van der Waals surface area contributed by atoms with Crippen LogP contribution in [0.5, 0.6) is 0 Å². The lowest BCUT2D eigenvalue weighted by atomic mass is 9.64. The average molecular weight is 448 g/mol. The standard InChI is InChI=1S/C24H26F2O6/c1-2-32-22(29)19(9-4-3-5-11-21(27)28)24(23(30)31,16-12-14-17(25)15-13-16)18-8-6-7-10-20(18)26/h6-8,10,12-15,19H,2-5,9,11H2,1H3,(H,27,28)(H,30,31). The fraction of sp³-hybridized carbons (Fsp3) is 0.375. The van der Waals surface area contributed by atoms with Crippen molar-refractivity contribution in [3.05, 3.63) is 71.3 Å². The number of hydrogen-bond donors (Lipinski definition) is 2. The molecule has 2 aromatic carbocycles. The number of carbonyl (C=O) groups excluding carboxylic acids is 1. The van der Waals surface area contributed by atoms with Crippen LogP contribution in [0.25, 0.3) is 0 Å². The van der Waals surface area contributed by atoms with Crippen LogP contribution in [-0.4, -0.2) is 34.7 Å². The van der Waals surface area contributed by atoms with Crippen molar-refractivity contribution in [2.45, 2.75) is 44.4 Å². The molecule has 0 amide bonds. The third kappa shape index (κ3) is 5.49. The minimum Gasteiger partial charge on any atom is -0.481 e. The number of esters is 1. The number of benzene rings is 2. The van der Waals surface area contributed by atoms with Crippen LogP contribution in [0.4, 0.5) is 8.78 Å². The first-order valence-electron chi connectivity index (χ1n) is 10.4. The van der Waals surface area contributed by atoms with Gasteiger partial charge in [0.2, 0.25) is 0 Å². The fourth-order valence-electron chi connectivity index (χ4n) is 3.98. The predicted octanol–water partition coefficient (Wildman–Crippen LogP) is 4.55. The highest BCUT2D eigenvalue weighted by molar-refractivity contribution is 5.93. The summed E-state index contributed by atoms with van der Waals surface area (Å²) >= 11 is 0. The second-order valence-corrected chi connectivity index (χ2v) is 7.40. The summed E-state index contributed by atoms with van der Waals surface area (Å²) in [6.45, 7) is 1.57. The molecule has 6 nitrogen and oxygen atoms in total. The summed E-state index contributed by atoms with van der Waals surface area (Å²) in [5, 5.41) is 19.2. The highest BCUT2D eigenvalue weighted by Crippen LogP contribution is 2.44. The van der Waals surface area contributed by atoms with Crippen molar-refractivity contribution in [2.75, 3.05) is 6.61 Å². The van der Waals surface area contributed by atoms with Gasteiger partial charge >= 0.3 is 17.9 Å². The van der Waals surface area contributed by atoms with Gasteiger partial charge in [-0.3, -0.25) is 14.4 Å². The Morgan fingerprint density at radius 2 is 1.62 bits per heavy atom. The van der Waals surface area contributed by atoms with Crippen molar-refractivity contribution in [2.24, 2.45) is 5.92 Å². The molecule has 0 saturated carbocycles. The highest BCUT2D eigenvalue weighted by Gasteiger charge is 2.54. The molecule has 0 aliphatic carbocycles. The molecule has 2 N–H and O–H groups in total. The molecule has 2 aromatic rings. The number of carboxylic acid groups (broad SMARTS) is 2. The normalized spacial score (nSPS) is 13.7. The summed E-state index contributed by atoms with van der Waals surface area (Å²) in [7, 11) is 0. The second kappa shape index (κ2) is 11.4. The largest absolute Gasteiger partial charge is 0.481 e. The van der Waals surface area contributed by atoms with Crippen molar-refractivity contribution in [3.63, 3.8) is 0 Å². The Hall–Kier alpha value is -3.29. The lowest BCUT2D eigenvalue weighted by Crippen LogP contribution is -2.49. The van der Waals surface area contributed by atoms with Gasteiger partial charge in [0, 0.05) is 12.0 Å². The quantitative estimate of drug-likeness (QED) is 0.365. The zero-order chi connectivity index (χ0) is 23.7. The zero-order valence-electron chi connectivity index (χ0n) is 17.7. The van der Waals surface area contributed by atoms with Gasteiger partial charge in [0.05, 0.1) is 12.5 Å². The van der Waals surface area contributed by atoms with Crippen LogP contribution in [0.3, 0.4) is 0 Å². The number of carboxylic acids is 2. The van der Waals surface area contributed by atoms with Crippen molar-refractivity contribution < 1.29 is 38.1 Å². The summed E-state index contributed by atoms with van der Waals surface area (Å²) in [4.78, 5) is 36.6. The molecule has 8 heteroatoms. The van der Waals surface area contributed by atoms with Crippen LogP contribution >= 0.6 is 0 Å². The third-order valence-corrected chi connectivity index (χ3v) is 5.41. The van der Waals surface area contributed by atoms with E-state index in [9.17, 15) is 28.3 Å². The van der Waals surface area contributed by atoms with E-state index in [1.54, 1.807) is 6.92 Å². The molecule has 0 aliphatic heterocycles. The molecular weight excluding hydrogens is 422 g/mol. The third-order valence-electron chi connectivity index (χ3n) is 5.41. The van der Waals surface area contributed by atoms with E-state index < -0.39 is 40.9 Å². The lowest BCUT2D eigenvalue weighted by Gasteiger charge is -2.37. The molecule has 32 heavy (non-hydrogen) atoms. The smallest absolute Gasteiger partial charge is 0.319 e. The van der Waals surface area contributed by atoms with Gasteiger partial charge in [0.15, 0.2) is 0 Å².